The van der Waals surface area contributed by atoms with E-state index in [9.17, 15) is 9.18 Å². The summed E-state index contributed by atoms with van der Waals surface area (Å²) >= 11 is 0. The highest BCUT2D eigenvalue weighted by Crippen LogP contribution is 2.34. The van der Waals surface area contributed by atoms with Crippen molar-refractivity contribution in [2.24, 2.45) is 0 Å². The predicted molar refractivity (Wildman–Crippen MR) is 119 cm³/mol. The van der Waals surface area contributed by atoms with E-state index in [4.69, 9.17) is 4.74 Å². The van der Waals surface area contributed by atoms with Crippen molar-refractivity contribution >= 4 is 28.2 Å². The fourth-order valence-corrected chi connectivity index (χ4v) is 4.92. The monoisotopic (exact) mass is 419 g/mol. The van der Waals surface area contributed by atoms with Crippen LogP contribution in [0.1, 0.15) is 40.7 Å². The van der Waals surface area contributed by atoms with E-state index in [1.807, 2.05) is 36.1 Å². The second-order valence-electron chi connectivity index (χ2n) is 8.54. The number of rotatable bonds is 3. The molecule has 5 nitrogen and oxygen atoms in total. The number of aryl methyl sites for hydroxylation is 1. The van der Waals surface area contributed by atoms with Crippen LogP contribution < -0.4 is 5.32 Å². The molecule has 2 bridgehead atoms. The van der Waals surface area contributed by atoms with Gasteiger partial charge >= 0.3 is 0 Å². The Balaban J connectivity index is 1.59. The van der Waals surface area contributed by atoms with Crippen molar-refractivity contribution < 1.29 is 13.9 Å². The number of benzene rings is 2. The zero-order valence-corrected chi connectivity index (χ0v) is 17.8. The Labute approximate surface area is 181 Å². The van der Waals surface area contributed by atoms with Gasteiger partial charge in [-0.2, -0.15) is 0 Å². The zero-order chi connectivity index (χ0) is 21.5. The SMILES string of the molecule is Cc1c(F)cccc1Nc1ncc(C(=O)N2C3CCCC2COC3)c2c(C)cccc12. The van der Waals surface area contributed by atoms with Crippen LogP contribution in [0.4, 0.5) is 15.9 Å². The summed E-state index contributed by atoms with van der Waals surface area (Å²) in [6, 6.07) is 11.1. The molecule has 0 aliphatic carbocycles. The third kappa shape index (κ3) is 3.45. The number of aromatic nitrogens is 1. The highest BCUT2D eigenvalue weighted by molar-refractivity contribution is 6.11. The van der Waals surface area contributed by atoms with E-state index >= 15 is 0 Å². The summed E-state index contributed by atoms with van der Waals surface area (Å²) in [5.41, 5.74) is 2.83. The number of halogens is 1. The van der Waals surface area contributed by atoms with Gasteiger partial charge in [0.1, 0.15) is 11.6 Å². The molecule has 2 atom stereocenters. The number of carbonyl (C=O) groups excluding carboxylic acids is 1. The Morgan fingerprint density at radius 1 is 1.13 bits per heavy atom. The molecule has 2 aliphatic rings. The van der Waals surface area contributed by atoms with Crippen LogP contribution in [0.2, 0.25) is 0 Å². The lowest BCUT2D eigenvalue weighted by Crippen LogP contribution is -2.57. The summed E-state index contributed by atoms with van der Waals surface area (Å²) in [4.78, 5) is 20.3. The van der Waals surface area contributed by atoms with Gasteiger partial charge in [0.15, 0.2) is 0 Å². The lowest BCUT2D eigenvalue weighted by molar-refractivity contribution is -0.0565. The maximum atomic E-state index is 14.0. The maximum absolute atomic E-state index is 14.0. The molecule has 0 radical (unpaired) electrons. The topological polar surface area (TPSA) is 54.5 Å². The molecule has 3 heterocycles. The Kier molecular flexibility index (Phi) is 5.10. The number of morpholine rings is 1. The molecular weight excluding hydrogens is 393 g/mol. The first-order chi connectivity index (χ1) is 15.0. The van der Waals surface area contributed by atoms with Crippen LogP contribution in [0.15, 0.2) is 42.6 Å². The molecule has 0 spiro atoms. The van der Waals surface area contributed by atoms with Crippen molar-refractivity contribution in [3.8, 4) is 0 Å². The summed E-state index contributed by atoms with van der Waals surface area (Å²) in [5, 5.41) is 5.02. The molecule has 31 heavy (non-hydrogen) atoms. The first kappa shape index (κ1) is 19.9. The fraction of sp³-hybridized carbons (Fsp3) is 0.360. The number of ether oxygens (including phenoxy) is 1. The van der Waals surface area contributed by atoms with E-state index in [0.717, 1.165) is 35.6 Å². The van der Waals surface area contributed by atoms with Crippen LogP contribution in [0.5, 0.6) is 0 Å². The van der Waals surface area contributed by atoms with Gasteiger partial charge < -0.3 is 15.0 Å². The van der Waals surface area contributed by atoms with Gasteiger partial charge in [-0.3, -0.25) is 4.79 Å². The summed E-state index contributed by atoms with van der Waals surface area (Å²) in [7, 11) is 0. The van der Waals surface area contributed by atoms with Crippen molar-refractivity contribution in [3.63, 3.8) is 0 Å². The number of carbonyl (C=O) groups is 1. The van der Waals surface area contributed by atoms with Crippen molar-refractivity contribution in [1.29, 1.82) is 0 Å². The molecule has 2 saturated heterocycles. The van der Waals surface area contributed by atoms with E-state index in [0.29, 0.717) is 35.8 Å². The number of nitrogens with one attached hydrogen (secondary N) is 1. The summed E-state index contributed by atoms with van der Waals surface area (Å²) in [6.07, 6.45) is 4.76. The lowest BCUT2D eigenvalue weighted by Gasteiger charge is -2.45. The van der Waals surface area contributed by atoms with Crippen molar-refractivity contribution in [2.45, 2.75) is 45.2 Å². The van der Waals surface area contributed by atoms with E-state index in [2.05, 4.69) is 10.3 Å². The minimum Gasteiger partial charge on any atom is -0.377 e. The van der Waals surface area contributed by atoms with Crippen LogP contribution in [0, 0.1) is 19.7 Å². The standard InChI is InChI=1S/C25H26FN3O2/c1-15-6-3-9-19-23(15)20(25(30)29-17-7-4-8-18(29)14-31-13-17)12-27-24(19)28-22-11-5-10-21(26)16(22)2/h3,5-6,9-12,17-18H,4,7-8,13-14H2,1-2H3,(H,27,28). The number of anilines is 2. The van der Waals surface area contributed by atoms with E-state index in [-0.39, 0.29) is 23.8 Å². The second kappa shape index (κ2) is 7.93. The average Bonchev–Trinajstić information content (AvgIpc) is 2.76. The van der Waals surface area contributed by atoms with Crippen LogP contribution in [0.25, 0.3) is 10.8 Å². The number of piperidine rings is 1. The first-order valence-electron chi connectivity index (χ1n) is 10.9. The first-order valence-corrected chi connectivity index (χ1v) is 10.9. The quantitative estimate of drug-likeness (QED) is 0.640. The minimum atomic E-state index is -0.267. The number of amides is 1. The predicted octanol–water partition coefficient (Wildman–Crippen LogP) is 5.13. The largest absolute Gasteiger partial charge is 0.377 e. The summed E-state index contributed by atoms with van der Waals surface area (Å²) in [6.45, 7) is 4.95. The van der Waals surface area contributed by atoms with Gasteiger partial charge in [0, 0.05) is 28.2 Å². The highest BCUT2D eigenvalue weighted by atomic mass is 19.1. The summed E-state index contributed by atoms with van der Waals surface area (Å²) in [5.74, 6) is 0.376. The van der Waals surface area contributed by atoms with Crippen LogP contribution in [-0.2, 0) is 4.74 Å². The molecule has 0 saturated carbocycles. The van der Waals surface area contributed by atoms with Gasteiger partial charge in [-0.1, -0.05) is 24.3 Å². The van der Waals surface area contributed by atoms with Crippen LogP contribution in [-0.4, -0.2) is 41.1 Å². The van der Waals surface area contributed by atoms with Gasteiger partial charge in [-0.25, -0.2) is 9.37 Å². The molecule has 2 aromatic carbocycles. The van der Waals surface area contributed by atoms with Gasteiger partial charge in [-0.15, -0.1) is 0 Å². The van der Waals surface area contributed by atoms with E-state index in [1.54, 1.807) is 19.2 Å². The van der Waals surface area contributed by atoms with Crippen molar-refractivity contribution in [3.05, 3.63) is 65.1 Å². The Morgan fingerprint density at radius 3 is 2.65 bits per heavy atom. The van der Waals surface area contributed by atoms with Crippen molar-refractivity contribution in [1.82, 2.24) is 9.88 Å². The molecule has 3 aromatic rings. The molecular formula is C25H26FN3O2. The molecule has 6 heteroatoms. The number of nitrogens with zero attached hydrogens (tertiary/aromatic N) is 2. The van der Waals surface area contributed by atoms with E-state index in [1.165, 1.54) is 6.07 Å². The zero-order valence-electron chi connectivity index (χ0n) is 17.8. The third-order valence-electron chi connectivity index (χ3n) is 6.59. The number of hydrogen-bond acceptors (Lipinski definition) is 4. The number of hydrogen-bond donors (Lipinski definition) is 1. The molecule has 2 unspecified atom stereocenters. The average molecular weight is 420 g/mol. The number of fused-ring (bicyclic) bond motifs is 3. The Morgan fingerprint density at radius 2 is 1.87 bits per heavy atom. The smallest absolute Gasteiger partial charge is 0.256 e. The van der Waals surface area contributed by atoms with Gasteiger partial charge in [0.05, 0.1) is 30.9 Å². The molecule has 2 aliphatic heterocycles. The number of pyridine rings is 1. The fourth-order valence-electron chi connectivity index (χ4n) is 4.92. The molecule has 5 rings (SSSR count). The lowest BCUT2D eigenvalue weighted by atomic mass is 9.92. The van der Waals surface area contributed by atoms with Crippen molar-refractivity contribution in [2.75, 3.05) is 18.5 Å². The third-order valence-corrected chi connectivity index (χ3v) is 6.59. The second-order valence-corrected chi connectivity index (χ2v) is 8.54. The van der Waals surface area contributed by atoms with Gasteiger partial charge in [0.25, 0.3) is 5.91 Å². The molecule has 2 fully saturated rings. The van der Waals surface area contributed by atoms with Crippen LogP contribution >= 0.6 is 0 Å². The van der Waals surface area contributed by atoms with E-state index < -0.39 is 0 Å². The normalized spacial score (nSPS) is 20.7. The molecule has 1 amide bonds. The maximum Gasteiger partial charge on any atom is 0.256 e. The Bertz CT molecular complexity index is 1140. The highest BCUT2D eigenvalue weighted by Gasteiger charge is 2.38. The molecule has 1 N–H and O–H groups in total. The Hall–Kier alpha value is -2.99. The van der Waals surface area contributed by atoms with Gasteiger partial charge in [-0.05, 0) is 50.8 Å². The molecule has 1 aromatic heterocycles. The minimum absolute atomic E-state index is 0.0262. The van der Waals surface area contributed by atoms with Crippen LogP contribution in [0.3, 0.4) is 0 Å². The molecule has 160 valence electrons. The van der Waals surface area contributed by atoms with Gasteiger partial charge in [0.2, 0.25) is 0 Å². The summed E-state index contributed by atoms with van der Waals surface area (Å²) < 4.78 is 19.7.